The Morgan fingerprint density at radius 3 is 2.56 bits per heavy atom. The third kappa shape index (κ3) is 2.57. The smallest absolute Gasteiger partial charge is 0.167 e. The number of hydrogen-bond donors (Lipinski definition) is 1. The molecular formula is C12H13Cl2NO. The summed E-state index contributed by atoms with van der Waals surface area (Å²) in [5, 5.41) is 2.86. The summed E-state index contributed by atoms with van der Waals surface area (Å²) >= 11 is 12.0. The van der Waals surface area contributed by atoms with Crippen molar-refractivity contribution in [3.8, 4) is 0 Å². The van der Waals surface area contributed by atoms with Gasteiger partial charge in [0, 0.05) is 18.0 Å². The number of hydrogen-bond acceptors (Lipinski definition) is 2. The molecule has 1 aliphatic heterocycles. The van der Waals surface area contributed by atoms with E-state index in [4.69, 9.17) is 23.2 Å². The van der Waals surface area contributed by atoms with Gasteiger partial charge in [0.25, 0.3) is 0 Å². The van der Waals surface area contributed by atoms with Gasteiger partial charge in [-0.05, 0) is 6.42 Å². The lowest BCUT2D eigenvalue weighted by Gasteiger charge is -2.29. The maximum absolute atomic E-state index is 12.1. The van der Waals surface area contributed by atoms with Crippen molar-refractivity contribution in [2.24, 2.45) is 5.92 Å². The van der Waals surface area contributed by atoms with Crippen LogP contribution in [0, 0.1) is 5.92 Å². The van der Waals surface area contributed by atoms with Crippen molar-refractivity contribution in [2.45, 2.75) is 17.3 Å². The van der Waals surface area contributed by atoms with Crippen molar-refractivity contribution in [3.63, 3.8) is 0 Å². The fraction of sp³-hybridized carbons (Fsp3) is 0.417. The molecule has 0 aliphatic carbocycles. The third-order valence-corrected chi connectivity index (χ3v) is 3.83. The monoisotopic (exact) mass is 257 g/mol. The van der Waals surface area contributed by atoms with E-state index in [2.05, 4.69) is 5.32 Å². The molecule has 0 spiro atoms. The van der Waals surface area contributed by atoms with Crippen molar-refractivity contribution < 1.29 is 4.79 Å². The fourth-order valence-electron chi connectivity index (χ4n) is 1.90. The van der Waals surface area contributed by atoms with E-state index in [1.54, 1.807) is 0 Å². The Kier molecular flexibility index (Phi) is 3.85. The molecule has 0 saturated carbocycles. The maximum Gasteiger partial charge on any atom is 0.167 e. The Morgan fingerprint density at radius 2 is 1.94 bits per heavy atom. The predicted molar refractivity (Wildman–Crippen MR) is 66.2 cm³/mol. The zero-order valence-corrected chi connectivity index (χ0v) is 10.2. The van der Waals surface area contributed by atoms with Crippen molar-refractivity contribution in [3.05, 3.63) is 35.9 Å². The van der Waals surface area contributed by atoms with Crippen LogP contribution in [0.15, 0.2) is 30.3 Å². The summed E-state index contributed by atoms with van der Waals surface area (Å²) in [6.07, 6.45) is 0.635. The van der Waals surface area contributed by atoms with E-state index in [-0.39, 0.29) is 22.6 Å². The highest BCUT2D eigenvalue weighted by Crippen LogP contribution is 2.24. The van der Waals surface area contributed by atoms with Crippen molar-refractivity contribution in [1.29, 1.82) is 0 Å². The number of halogens is 2. The minimum atomic E-state index is -0.235. The molecule has 2 nitrogen and oxygen atoms in total. The Morgan fingerprint density at radius 1 is 1.25 bits per heavy atom. The normalized spacial score (nSPS) is 30.0. The molecule has 2 rings (SSSR count). The third-order valence-electron chi connectivity index (χ3n) is 2.82. The van der Waals surface area contributed by atoms with E-state index in [9.17, 15) is 4.79 Å². The molecule has 1 N–H and O–H groups in total. The average Bonchev–Trinajstić information content (AvgIpc) is 2.33. The first-order valence-electron chi connectivity index (χ1n) is 5.29. The van der Waals surface area contributed by atoms with E-state index in [1.165, 1.54) is 0 Å². The second kappa shape index (κ2) is 5.17. The molecule has 1 saturated heterocycles. The van der Waals surface area contributed by atoms with Gasteiger partial charge in [-0.15, -0.1) is 23.2 Å². The molecule has 0 amide bonds. The van der Waals surface area contributed by atoms with E-state index >= 15 is 0 Å². The first-order chi connectivity index (χ1) is 7.68. The molecule has 3 atom stereocenters. The zero-order valence-electron chi connectivity index (χ0n) is 8.70. The summed E-state index contributed by atoms with van der Waals surface area (Å²) in [6.45, 7) is 0.602. The van der Waals surface area contributed by atoms with Crippen molar-refractivity contribution in [2.75, 3.05) is 6.54 Å². The second-order valence-electron chi connectivity index (χ2n) is 3.99. The number of rotatable bonds is 2. The summed E-state index contributed by atoms with van der Waals surface area (Å²) in [4.78, 5) is 12.1. The molecule has 4 heteroatoms. The number of carbonyl (C=O) groups excluding carboxylic acids is 1. The van der Waals surface area contributed by atoms with Crippen molar-refractivity contribution in [1.82, 2.24) is 5.32 Å². The van der Waals surface area contributed by atoms with Gasteiger partial charge in [-0.2, -0.15) is 0 Å². The zero-order chi connectivity index (χ0) is 11.5. The number of ketones is 1. The van der Waals surface area contributed by atoms with Crippen LogP contribution >= 0.6 is 23.2 Å². The van der Waals surface area contributed by atoms with E-state index in [1.807, 2.05) is 30.3 Å². The van der Waals surface area contributed by atoms with Crippen LogP contribution in [0.2, 0.25) is 0 Å². The standard InChI is InChI=1S/C12H13Cl2NO/c13-10-6-9(7-15-12(10)14)11(16)8-4-2-1-3-5-8/h1-5,9-10,12,15H,6-7H2. The Labute approximate surface area is 105 Å². The van der Waals surface area contributed by atoms with E-state index in [0.29, 0.717) is 13.0 Å². The molecule has 0 bridgehead atoms. The number of nitrogens with one attached hydrogen (secondary N) is 1. The van der Waals surface area contributed by atoms with Crippen LogP contribution in [0.25, 0.3) is 0 Å². The summed E-state index contributed by atoms with van der Waals surface area (Å²) in [7, 11) is 0. The lowest BCUT2D eigenvalue weighted by molar-refractivity contribution is 0.0898. The van der Waals surface area contributed by atoms with Gasteiger partial charge < -0.3 is 0 Å². The van der Waals surface area contributed by atoms with Crippen molar-refractivity contribution >= 4 is 29.0 Å². The minimum absolute atomic E-state index is 0.0695. The molecule has 86 valence electrons. The highest BCUT2D eigenvalue weighted by Gasteiger charge is 2.31. The molecule has 1 fully saturated rings. The Bertz CT molecular complexity index is 369. The quantitative estimate of drug-likeness (QED) is 0.502. The molecule has 1 heterocycles. The van der Waals surface area contributed by atoms with E-state index in [0.717, 1.165) is 5.56 Å². The van der Waals surface area contributed by atoms with Crippen LogP contribution in [0.1, 0.15) is 16.8 Å². The molecule has 16 heavy (non-hydrogen) atoms. The summed E-state index contributed by atoms with van der Waals surface area (Å²) in [5.74, 6) is 0.0715. The molecule has 3 unspecified atom stereocenters. The number of benzene rings is 1. The van der Waals surface area contributed by atoms with Gasteiger partial charge in [-0.3, -0.25) is 10.1 Å². The predicted octanol–water partition coefficient (Wildman–Crippen LogP) is 2.65. The van der Waals surface area contributed by atoms with Crippen LogP contribution in [-0.4, -0.2) is 23.2 Å². The Hall–Kier alpha value is -0.570. The SMILES string of the molecule is O=C(c1ccccc1)C1CNC(Cl)C(Cl)C1. The topological polar surface area (TPSA) is 29.1 Å². The van der Waals surface area contributed by atoms with Gasteiger partial charge >= 0.3 is 0 Å². The molecule has 1 aliphatic rings. The minimum Gasteiger partial charge on any atom is -0.299 e. The molecule has 0 aromatic heterocycles. The first-order valence-corrected chi connectivity index (χ1v) is 6.16. The summed E-state index contributed by atoms with van der Waals surface area (Å²) < 4.78 is 0. The molecule has 0 radical (unpaired) electrons. The van der Waals surface area contributed by atoms with Gasteiger partial charge in [-0.25, -0.2) is 0 Å². The van der Waals surface area contributed by atoms with Gasteiger partial charge in [0.05, 0.1) is 10.9 Å². The average molecular weight is 258 g/mol. The highest BCUT2D eigenvalue weighted by molar-refractivity contribution is 6.30. The van der Waals surface area contributed by atoms with Crippen LogP contribution < -0.4 is 5.32 Å². The van der Waals surface area contributed by atoms with Gasteiger partial charge in [0.1, 0.15) is 0 Å². The Balaban J connectivity index is 2.06. The summed E-state index contributed by atoms with van der Waals surface area (Å²) in [6, 6.07) is 9.30. The van der Waals surface area contributed by atoms with Gasteiger partial charge in [0.2, 0.25) is 0 Å². The molecule has 1 aromatic rings. The largest absolute Gasteiger partial charge is 0.299 e. The number of Topliss-reactive ketones (excluding diaryl/α,β-unsaturated/α-hetero) is 1. The maximum atomic E-state index is 12.1. The van der Waals surface area contributed by atoms with Crippen LogP contribution in [0.3, 0.4) is 0 Å². The van der Waals surface area contributed by atoms with Gasteiger partial charge in [0.15, 0.2) is 5.78 Å². The van der Waals surface area contributed by atoms with Crippen LogP contribution in [-0.2, 0) is 0 Å². The first kappa shape index (κ1) is 11.9. The van der Waals surface area contributed by atoms with E-state index < -0.39 is 0 Å². The lowest BCUT2D eigenvalue weighted by atomic mass is 9.91. The van der Waals surface area contributed by atoms with Crippen LogP contribution in [0.5, 0.6) is 0 Å². The lowest BCUT2D eigenvalue weighted by Crippen LogP contribution is -2.45. The highest BCUT2D eigenvalue weighted by atomic mass is 35.5. The van der Waals surface area contributed by atoms with Crippen LogP contribution in [0.4, 0.5) is 0 Å². The fourth-order valence-corrected chi connectivity index (χ4v) is 2.39. The number of piperidine rings is 1. The van der Waals surface area contributed by atoms with Gasteiger partial charge in [-0.1, -0.05) is 30.3 Å². The molecule has 1 aromatic carbocycles. The summed E-state index contributed by atoms with van der Waals surface area (Å²) in [5.41, 5.74) is 0.507. The number of alkyl halides is 2. The molecular weight excluding hydrogens is 245 g/mol. The number of carbonyl (C=O) groups is 1. The second-order valence-corrected chi connectivity index (χ2v) is 5.02.